The normalized spacial score (nSPS) is 45.7. The third-order valence-electron chi connectivity index (χ3n) is 9.82. The van der Waals surface area contributed by atoms with Gasteiger partial charge in [-0.1, -0.05) is 0 Å². The van der Waals surface area contributed by atoms with Gasteiger partial charge in [0.1, 0.15) is 96.9 Å². The molecule has 0 saturated carbocycles. The average molecular weight is 782 g/mol. The second kappa shape index (κ2) is 18.3. The molecule has 1 aromatic carbocycles. The number of hydrogen-bond donors (Lipinski definition) is 11. The molecule has 4 fully saturated rings. The van der Waals surface area contributed by atoms with Gasteiger partial charge in [-0.25, -0.2) is 0 Å². The molecule has 54 heavy (non-hydrogen) atoms. The Hall–Kier alpha value is -2.39. The van der Waals surface area contributed by atoms with E-state index in [0.29, 0.717) is 5.75 Å². The molecular weight excluding hydrogens is 730 g/mol. The Morgan fingerprint density at radius 1 is 0.593 bits per heavy atom. The summed E-state index contributed by atoms with van der Waals surface area (Å²) in [6.07, 6.45) is -30.6. The van der Waals surface area contributed by atoms with Crippen molar-refractivity contribution in [3.8, 4) is 11.5 Å². The van der Waals surface area contributed by atoms with Gasteiger partial charge in [0.15, 0.2) is 18.9 Å². The molecule has 21 nitrogen and oxygen atoms in total. The van der Waals surface area contributed by atoms with E-state index in [9.17, 15) is 55.9 Å². The van der Waals surface area contributed by atoms with E-state index >= 15 is 0 Å². The molecule has 308 valence electrons. The summed E-state index contributed by atoms with van der Waals surface area (Å²) in [5.74, 6) is 0.0606. The van der Waals surface area contributed by atoms with Crippen LogP contribution in [0.3, 0.4) is 0 Å². The minimum atomic E-state index is -1.98. The standard InChI is InChI=1S/C33H51NO20/c1-11-19(38)22(41)24(43)31(47-11)52-27-17(10-36)51-30(49-15-7-5-14(46-4)6-8-15)18(34-13(3)37)28(27)53-33-26(45)29(21(40)16(9-35)50-33)54-32-25(44)23(42)20(39)12(2)48-32/h5-8,11-12,16-33,35-36,38-45H,9-10H2,1-4H3,(H,34,37)/t11-,12-,16+,17+,18+,19+,20-,21-,22+,23+,24-,25+,26+,27+,28+,29-,30+,31-,32-,33-/m0/s1. The highest BCUT2D eigenvalue weighted by Gasteiger charge is 2.56. The summed E-state index contributed by atoms with van der Waals surface area (Å²) >= 11 is 0. The van der Waals surface area contributed by atoms with Crippen LogP contribution >= 0.6 is 0 Å². The largest absolute Gasteiger partial charge is 0.497 e. The minimum Gasteiger partial charge on any atom is -0.497 e. The van der Waals surface area contributed by atoms with Crippen LogP contribution in [0.5, 0.6) is 11.5 Å². The van der Waals surface area contributed by atoms with Crippen LogP contribution in [0.15, 0.2) is 24.3 Å². The molecule has 21 heteroatoms. The lowest BCUT2D eigenvalue weighted by molar-refractivity contribution is -0.382. The SMILES string of the molecule is COc1ccc(O[C@@H]2O[C@H](CO)[C@@H](O[C@@H]3O[C@@H](C)[C@@H](O)[C@@H](O)[C@@H]3O)[C@H](O[C@@H]3O[C@H](CO)[C@H](O)[C@H](O[C@@H]4O[C@@H](C)[C@H](O)[C@@H](O)[C@H]4O)[C@H]3O)[C@H]2NC(C)=O)cc1. The molecule has 0 aliphatic carbocycles. The number of ether oxygens (including phenoxy) is 9. The third kappa shape index (κ3) is 9.08. The molecule has 0 radical (unpaired) electrons. The molecule has 20 atom stereocenters. The molecule has 0 spiro atoms. The molecule has 0 bridgehead atoms. The molecule has 4 aliphatic heterocycles. The number of hydrogen-bond acceptors (Lipinski definition) is 20. The van der Waals surface area contributed by atoms with Crippen LogP contribution in [-0.4, -0.2) is 200 Å². The van der Waals surface area contributed by atoms with Crippen molar-refractivity contribution in [1.82, 2.24) is 5.32 Å². The van der Waals surface area contributed by atoms with Gasteiger partial charge in [-0.2, -0.15) is 0 Å². The van der Waals surface area contributed by atoms with Gasteiger partial charge in [-0.15, -0.1) is 0 Å². The van der Waals surface area contributed by atoms with Crippen molar-refractivity contribution in [2.24, 2.45) is 0 Å². The van der Waals surface area contributed by atoms with Gasteiger partial charge in [0.05, 0.1) is 32.5 Å². The number of benzene rings is 1. The number of aliphatic hydroxyl groups is 10. The van der Waals surface area contributed by atoms with Crippen LogP contribution in [0.1, 0.15) is 20.8 Å². The lowest BCUT2D eigenvalue weighted by Crippen LogP contribution is -2.70. The number of aliphatic hydroxyl groups excluding tert-OH is 10. The van der Waals surface area contributed by atoms with Gasteiger partial charge < -0.3 is 99.0 Å². The van der Waals surface area contributed by atoms with Gasteiger partial charge in [-0.05, 0) is 38.1 Å². The van der Waals surface area contributed by atoms with Crippen molar-refractivity contribution in [2.45, 2.75) is 144 Å². The number of amides is 1. The summed E-state index contributed by atoms with van der Waals surface area (Å²) in [6.45, 7) is 2.30. The van der Waals surface area contributed by atoms with E-state index in [1.165, 1.54) is 40.0 Å². The van der Waals surface area contributed by atoms with Crippen molar-refractivity contribution in [3.63, 3.8) is 0 Å². The van der Waals surface area contributed by atoms with Gasteiger partial charge in [0.25, 0.3) is 0 Å². The number of carbonyl (C=O) groups is 1. The Bertz CT molecular complexity index is 1350. The zero-order valence-electron chi connectivity index (χ0n) is 29.8. The van der Waals surface area contributed by atoms with E-state index in [1.54, 1.807) is 12.1 Å². The van der Waals surface area contributed by atoms with Crippen LogP contribution in [0.2, 0.25) is 0 Å². The van der Waals surface area contributed by atoms with E-state index < -0.39 is 142 Å². The summed E-state index contributed by atoms with van der Waals surface area (Å²) in [6, 6.07) is 4.82. The summed E-state index contributed by atoms with van der Waals surface area (Å²) in [4.78, 5) is 12.7. The van der Waals surface area contributed by atoms with Crippen molar-refractivity contribution < 1.29 is 98.5 Å². The topological polar surface area (TPSA) is 314 Å². The zero-order valence-corrected chi connectivity index (χ0v) is 29.8. The van der Waals surface area contributed by atoms with Gasteiger partial charge >= 0.3 is 0 Å². The number of nitrogens with one attached hydrogen (secondary N) is 1. The summed E-state index contributed by atoms with van der Waals surface area (Å²) < 4.78 is 52.3. The predicted molar refractivity (Wildman–Crippen MR) is 174 cm³/mol. The number of rotatable bonds is 12. The maximum Gasteiger partial charge on any atom is 0.223 e. The summed E-state index contributed by atoms with van der Waals surface area (Å²) in [5, 5.41) is 109. The zero-order chi connectivity index (χ0) is 39.6. The highest BCUT2D eigenvalue weighted by Crippen LogP contribution is 2.36. The van der Waals surface area contributed by atoms with Crippen molar-refractivity contribution in [1.29, 1.82) is 0 Å². The Morgan fingerprint density at radius 3 is 1.56 bits per heavy atom. The fourth-order valence-corrected chi connectivity index (χ4v) is 6.70. The van der Waals surface area contributed by atoms with Crippen LogP contribution < -0.4 is 14.8 Å². The quantitative estimate of drug-likeness (QED) is 0.0943. The maximum atomic E-state index is 12.7. The van der Waals surface area contributed by atoms with E-state index in [1.807, 2.05) is 0 Å². The molecule has 5 rings (SSSR count). The first kappa shape index (κ1) is 42.7. The number of carbonyl (C=O) groups excluding carboxylic acids is 1. The van der Waals surface area contributed by atoms with Gasteiger partial charge in [0.2, 0.25) is 12.2 Å². The van der Waals surface area contributed by atoms with E-state index in [4.69, 9.17) is 42.6 Å². The van der Waals surface area contributed by atoms with Crippen LogP contribution in [0.25, 0.3) is 0 Å². The minimum absolute atomic E-state index is 0.210. The lowest BCUT2D eigenvalue weighted by Gasteiger charge is -2.50. The molecule has 0 aromatic heterocycles. The molecule has 4 aliphatic rings. The molecule has 4 saturated heterocycles. The fraction of sp³-hybridized carbons (Fsp3) is 0.788. The molecule has 4 heterocycles. The van der Waals surface area contributed by atoms with Crippen LogP contribution in [-0.2, 0) is 38.0 Å². The van der Waals surface area contributed by atoms with Gasteiger partial charge in [-0.3, -0.25) is 4.79 Å². The van der Waals surface area contributed by atoms with E-state index in [0.717, 1.165) is 0 Å². The second-order valence-electron chi connectivity index (χ2n) is 13.6. The Kier molecular flexibility index (Phi) is 14.4. The van der Waals surface area contributed by atoms with E-state index in [-0.39, 0.29) is 5.75 Å². The molecule has 1 amide bonds. The first-order valence-corrected chi connectivity index (χ1v) is 17.4. The third-order valence-corrected chi connectivity index (χ3v) is 9.82. The Labute approximate surface area is 309 Å². The monoisotopic (exact) mass is 781 g/mol. The van der Waals surface area contributed by atoms with Crippen molar-refractivity contribution in [3.05, 3.63) is 24.3 Å². The Morgan fingerprint density at radius 2 is 1.06 bits per heavy atom. The highest BCUT2D eigenvalue weighted by atomic mass is 16.8. The average Bonchev–Trinajstić information content (AvgIpc) is 3.15. The molecule has 11 N–H and O–H groups in total. The van der Waals surface area contributed by atoms with Gasteiger partial charge in [0, 0.05) is 6.92 Å². The summed E-state index contributed by atoms with van der Waals surface area (Å²) in [7, 11) is 1.46. The summed E-state index contributed by atoms with van der Waals surface area (Å²) in [5.41, 5.74) is 0. The first-order valence-electron chi connectivity index (χ1n) is 17.4. The first-order chi connectivity index (χ1) is 25.6. The molecular formula is C33H51NO20. The van der Waals surface area contributed by atoms with Crippen LogP contribution in [0, 0.1) is 0 Å². The predicted octanol–water partition coefficient (Wildman–Crippen LogP) is -5.45. The highest BCUT2D eigenvalue weighted by molar-refractivity contribution is 5.73. The van der Waals surface area contributed by atoms with Crippen molar-refractivity contribution >= 4 is 5.91 Å². The number of methoxy groups -OCH3 is 1. The van der Waals surface area contributed by atoms with Crippen molar-refractivity contribution in [2.75, 3.05) is 20.3 Å². The smallest absolute Gasteiger partial charge is 0.223 e. The Balaban J connectivity index is 1.50. The van der Waals surface area contributed by atoms with Crippen LogP contribution in [0.4, 0.5) is 0 Å². The fourth-order valence-electron chi connectivity index (χ4n) is 6.70. The lowest BCUT2D eigenvalue weighted by atomic mass is 9.94. The second-order valence-corrected chi connectivity index (χ2v) is 13.6. The van der Waals surface area contributed by atoms with E-state index in [2.05, 4.69) is 5.32 Å². The molecule has 1 aromatic rings. The maximum absolute atomic E-state index is 12.7. The molecule has 0 unspecified atom stereocenters.